The number of guanidine groups is 1. The Labute approximate surface area is 170 Å². The van der Waals surface area contributed by atoms with Crippen LogP contribution < -0.4 is 16.0 Å². The van der Waals surface area contributed by atoms with E-state index in [9.17, 15) is 4.79 Å². The second kappa shape index (κ2) is 10.3. The molecule has 3 rings (SSSR count). The van der Waals surface area contributed by atoms with Crippen LogP contribution in [-0.4, -0.2) is 45.6 Å². The minimum Gasteiger partial charge on any atom is -0.357 e. The lowest BCUT2D eigenvalue weighted by Gasteiger charge is -2.11. The summed E-state index contributed by atoms with van der Waals surface area (Å²) < 4.78 is 1.93. The molecule has 1 saturated carbocycles. The minimum atomic E-state index is 0. The summed E-state index contributed by atoms with van der Waals surface area (Å²) in [6, 6.07) is 6.22. The molecule has 1 amide bonds. The Morgan fingerprint density at radius 2 is 2.15 bits per heavy atom. The number of fused-ring (bicyclic) bond motifs is 1. The van der Waals surface area contributed by atoms with E-state index in [2.05, 4.69) is 31.1 Å². The SMILES string of the molecule is CCNC(=NCc1nnc2ccccn12)NCCCC(=O)NC1CC1.I. The Kier molecular flexibility index (Phi) is 8.07. The number of aliphatic imine (C=N–C) groups is 1. The van der Waals surface area contributed by atoms with Gasteiger partial charge in [0, 0.05) is 31.7 Å². The van der Waals surface area contributed by atoms with Crippen molar-refractivity contribution in [3.63, 3.8) is 0 Å². The van der Waals surface area contributed by atoms with Gasteiger partial charge in [0.2, 0.25) is 5.91 Å². The van der Waals surface area contributed by atoms with Crippen LogP contribution in [0.4, 0.5) is 0 Å². The fourth-order valence-corrected chi connectivity index (χ4v) is 2.47. The van der Waals surface area contributed by atoms with E-state index in [-0.39, 0.29) is 29.9 Å². The van der Waals surface area contributed by atoms with Gasteiger partial charge in [-0.3, -0.25) is 9.20 Å². The molecule has 26 heavy (non-hydrogen) atoms. The summed E-state index contributed by atoms with van der Waals surface area (Å²) in [6.45, 7) is 3.93. The third kappa shape index (κ3) is 6.11. The molecule has 3 N–H and O–H groups in total. The molecule has 0 unspecified atom stereocenters. The van der Waals surface area contributed by atoms with Crippen molar-refractivity contribution in [2.24, 2.45) is 4.99 Å². The maximum atomic E-state index is 11.7. The molecule has 0 spiro atoms. The Morgan fingerprint density at radius 3 is 2.92 bits per heavy atom. The zero-order valence-corrected chi connectivity index (χ0v) is 17.3. The number of nitrogens with zero attached hydrogens (tertiary/aromatic N) is 4. The molecule has 0 aromatic carbocycles. The van der Waals surface area contributed by atoms with E-state index in [0.29, 0.717) is 25.6 Å². The average molecular weight is 471 g/mol. The summed E-state index contributed by atoms with van der Waals surface area (Å²) in [6.07, 6.45) is 5.49. The molecule has 0 saturated heterocycles. The zero-order valence-electron chi connectivity index (χ0n) is 14.9. The largest absolute Gasteiger partial charge is 0.357 e. The number of carbonyl (C=O) groups is 1. The van der Waals surface area contributed by atoms with Gasteiger partial charge < -0.3 is 16.0 Å². The van der Waals surface area contributed by atoms with Crippen LogP contribution in [0.1, 0.15) is 38.4 Å². The normalized spacial score (nSPS) is 14.0. The number of hydrogen-bond acceptors (Lipinski definition) is 4. The highest BCUT2D eigenvalue weighted by atomic mass is 127. The number of amides is 1. The minimum absolute atomic E-state index is 0. The molecule has 2 aromatic rings. The van der Waals surface area contributed by atoms with E-state index in [4.69, 9.17) is 0 Å². The molecule has 8 nitrogen and oxygen atoms in total. The van der Waals surface area contributed by atoms with Gasteiger partial charge in [-0.2, -0.15) is 0 Å². The van der Waals surface area contributed by atoms with E-state index in [1.165, 1.54) is 0 Å². The van der Waals surface area contributed by atoms with Crippen LogP contribution in [-0.2, 0) is 11.3 Å². The molecule has 0 bridgehead atoms. The molecular weight excluding hydrogens is 445 g/mol. The summed E-state index contributed by atoms with van der Waals surface area (Å²) >= 11 is 0. The van der Waals surface area contributed by atoms with Crippen molar-refractivity contribution in [1.82, 2.24) is 30.5 Å². The fraction of sp³-hybridized carbons (Fsp3) is 0.529. The maximum Gasteiger partial charge on any atom is 0.220 e. The highest BCUT2D eigenvalue weighted by Crippen LogP contribution is 2.18. The number of aromatic nitrogens is 3. The molecule has 9 heteroatoms. The standard InChI is InChI=1S/C17H25N7O.HI/c1-2-18-17(19-10-5-7-16(25)21-13-8-9-13)20-12-15-23-22-14-6-3-4-11-24(14)15;/h3-4,6,11,13H,2,5,7-10,12H2,1H3,(H,21,25)(H2,18,19,20);1H. The Bertz CT molecular complexity index is 742. The molecule has 1 aliphatic rings. The number of carbonyl (C=O) groups excluding carboxylic acids is 1. The second-order valence-electron chi connectivity index (χ2n) is 6.11. The smallest absolute Gasteiger partial charge is 0.220 e. The molecule has 0 aliphatic heterocycles. The first kappa shape index (κ1) is 20.4. The lowest BCUT2D eigenvalue weighted by atomic mass is 10.3. The van der Waals surface area contributed by atoms with Crippen molar-refractivity contribution in [2.45, 2.75) is 45.2 Å². The second-order valence-corrected chi connectivity index (χ2v) is 6.11. The van der Waals surface area contributed by atoms with Gasteiger partial charge in [-0.1, -0.05) is 6.07 Å². The molecule has 2 heterocycles. The third-order valence-electron chi connectivity index (χ3n) is 3.92. The van der Waals surface area contributed by atoms with Gasteiger partial charge >= 0.3 is 0 Å². The van der Waals surface area contributed by atoms with E-state index >= 15 is 0 Å². The molecule has 1 aliphatic carbocycles. The molecule has 0 radical (unpaired) electrons. The van der Waals surface area contributed by atoms with E-state index in [1.807, 2.05) is 35.7 Å². The highest BCUT2D eigenvalue weighted by molar-refractivity contribution is 14.0. The van der Waals surface area contributed by atoms with Crippen molar-refractivity contribution in [3.05, 3.63) is 30.2 Å². The molecular formula is C17H26IN7O. The summed E-state index contributed by atoms with van der Waals surface area (Å²) in [5.74, 6) is 1.65. The first-order valence-corrected chi connectivity index (χ1v) is 8.86. The number of pyridine rings is 1. The maximum absolute atomic E-state index is 11.7. The molecule has 2 aromatic heterocycles. The summed E-state index contributed by atoms with van der Waals surface area (Å²) in [5, 5.41) is 17.8. The van der Waals surface area contributed by atoms with Crippen LogP contribution in [0.25, 0.3) is 5.65 Å². The predicted molar refractivity (Wildman–Crippen MR) is 112 cm³/mol. The van der Waals surface area contributed by atoms with Crippen molar-refractivity contribution >= 4 is 41.5 Å². The zero-order chi connectivity index (χ0) is 17.5. The summed E-state index contributed by atoms with van der Waals surface area (Å²) in [7, 11) is 0. The molecule has 142 valence electrons. The van der Waals surface area contributed by atoms with E-state index in [1.54, 1.807) is 0 Å². The van der Waals surface area contributed by atoms with Gasteiger partial charge in [-0.05, 0) is 38.3 Å². The lowest BCUT2D eigenvalue weighted by molar-refractivity contribution is -0.121. The first-order valence-electron chi connectivity index (χ1n) is 8.86. The fourth-order valence-electron chi connectivity index (χ4n) is 2.47. The van der Waals surface area contributed by atoms with Gasteiger partial charge in [0.15, 0.2) is 17.4 Å². The predicted octanol–water partition coefficient (Wildman–Crippen LogP) is 1.46. The van der Waals surface area contributed by atoms with Crippen LogP contribution in [0, 0.1) is 0 Å². The number of hydrogen-bond donors (Lipinski definition) is 3. The van der Waals surface area contributed by atoms with Gasteiger partial charge in [0.25, 0.3) is 0 Å². The van der Waals surface area contributed by atoms with Crippen LogP contribution in [0.3, 0.4) is 0 Å². The van der Waals surface area contributed by atoms with Crippen LogP contribution in [0.5, 0.6) is 0 Å². The van der Waals surface area contributed by atoms with E-state index < -0.39 is 0 Å². The van der Waals surface area contributed by atoms with Gasteiger partial charge in [-0.15, -0.1) is 34.2 Å². The monoisotopic (exact) mass is 471 g/mol. The van der Waals surface area contributed by atoms with Gasteiger partial charge in [0.1, 0.15) is 6.54 Å². The third-order valence-corrected chi connectivity index (χ3v) is 3.92. The first-order chi connectivity index (χ1) is 12.3. The Hall–Kier alpha value is -1.91. The summed E-state index contributed by atoms with van der Waals surface area (Å²) in [5.41, 5.74) is 0.812. The van der Waals surface area contributed by atoms with Crippen LogP contribution >= 0.6 is 24.0 Å². The number of halogens is 1. The quantitative estimate of drug-likeness (QED) is 0.235. The average Bonchev–Trinajstić information content (AvgIpc) is 3.33. The topological polar surface area (TPSA) is 95.7 Å². The van der Waals surface area contributed by atoms with Crippen LogP contribution in [0.2, 0.25) is 0 Å². The van der Waals surface area contributed by atoms with Crippen molar-refractivity contribution in [1.29, 1.82) is 0 Å². The van der Waals surface area contributed by atoms with Crippen molar-refractivity contribution < 1.29 is 4.79 Å². The van der Waals surface area contributed by atoms with Crippen molar-refractivity contribution in [3.8, 4) is 0 Å². The Balaban J connectivity index is 0.00000243. The number of rotatable bonds is 8. The van der Waals surface area contributed by atoms with Crippen LogP contribution in [0.15, 0.2) is 29.4 Å². The summed E-state index contributed by atoms with van der Waals surface area (Å²) in [4.78, 5) is 16.2. The van der Waals surface area contributed by atoms with Gasteiger partial charge in [-0.25, -0.2) is 4.99 Å². The number of nitrogens with one attached hydrogen (secondary N) is 3. The highest BCUT2D eigenvalue weighted by Gasteiger charge is 2.22. The molecule has 1 fully saturated rings. The Morgan fingerprint density at radius 1 is 1.31 bits per heavy atom. The van der Waals surface area contributed by atoms with Gasteiger partial charge in [0.05, 0.1) is 0 Å². The lowest BCUT2D eigenvalue weighted by Crippen LogP contribution is -2.38. The van der Waals surface area contributed by atoms with E-state index in [0.717, 1.165) is 43.2 Å². The molecule has 0 atom stereocenters. The van der Waals surface area contributed by atoms with Crippen molar-refractivity contribution in [2.75, 3.05) is 13.1 Å².